The van der Waals surface area contributed by atoms with Gasteiger partial charge in [-0.15, -0.1) is 0 Å². The first-order valence-corrected chi connectivity index (χ1v) is 8.46. The Morgan fingerprint density at radius 3 is 2.30 bits per heavy atom. The zero-order valence-corrected chi connectivity index (χ0v) is 13.7. The molecule has 0 spiro atoms. The fourth-order valence-electron chi connectivity index (χ4n) is 3.48. The molecule has 20 heavy (non-hydrogen) atoms. The number of unbranched alkanes of at least 4 members (excludes halogenated alkanes) is 2. The molecule has 0 bridgehead atoms. The minimum absolute atomic E-state index is 0.662. The van der Waals surface area contributed by atoms with Crippen LogP contribution in [0.25, 0.3) is 0 Å². The Kier molecular flexibility index (Phi) is 5.46. The third kappa shape index (κ3) is 3.53. The highest BCUT2D eigenvalue weighted by molar-refractivity contribution is 5.56. The molecule has 2 aliphatic rings. The molecule has 0 aliphatic heterocycles. The van der Waals surface area contributed by atoms with Crippen molar-refractivity contribution in [3.05, 3.63) is 46.6 Å². The van der Waals surface area contributed by atoms with Crippen LogP contribution in [0.3, 0.4) is 0 Å². The standard InChI is InChI=1S/C20H30/c1-5-7-9-17-13-16(4)19(14-17)20-12-15(3)11-18(20)10-8-6-2/h11-14,17-18H,5-10H2,1-4H3. The average Bonchev–Trinajstić information content (AvgIpc) is 2.96. The molecule has 0 nitrogen and oxygen atoms in total. The maximum Gasteiger partial charge on any atom is 0.00297 e. The fraction of sp³-hybridized carbons (Fsp3) is 0.600. The predicted molar refractivity (Wildman–Crippen MR) is 89.7 cm³/mol. The molecule has 2 aliphatic carbocycles. The van der Waals surface area contributed by atoms with Crippen molar-refractivity contribution in [2.24, 2.45) is 11.8 Å². The molecule has 0 aromatic rings. The highest BCUT2D eigenvalue weighted by Crippen LogP contribution is 2.40. The van der Waals surface area contributed by atoms with Crippen LogP contribution in [0, 0.1) is 11.8 Å². The Labute approximate surface area is 125 Å². The molecule has 0 radical (unpaired) electrons. The van der Waals surface area contributed by atoms with E-state index in [0.29, 0.717) is 11.8 Å². The summed E-state index contributed by atoms with van der Waals surface area (Å²) in [5, 5.41) is 0. The molecule has 2 rings (SSSR count). The summed E-state index contributed by atoms with van der Waals surface area (Å²) in [4.78, 5) is 0. The van der Waals surface area contributed by atoms with Crippen LogP contribution in [-0.4, -0.2) is 0 Å². The smallest absolute Gasteiger partial charge is 0.00297 e. The Bertz CT molecular complexity index is 456. The molecule has 2 atom stereocenters. The van der Waals surface area contributed by atoms with Crippen molar-refractivity contribution < 1.29 is 0 Å². The van der Waals surface area contributed by atoms with E-state index in [1.807, 2.05) is 0 Å². The maximum atomic E-state index is 2.53. The lowest BCUT2D eigenvalue weighted by Gasteiger charge is -2.15. The van der Waals surface area contributed by atoms with Crippen molar-refractivity contribution in [1.82, 2.24) is 0 Å². The van der Waals surface area contributed by atoms with E-state index in [0.717, 1.165) is 0 Å². The van der Waals surface area contributed by atoms with Crippen LogP contribution in [0.2, 0.25) is 0 Å². The van der Waals surface area contributed by atoms with E-state index < -0.39 is 0 Å². The second kappa shape index (κ2) is 7.11. The summed E-state index contributed by atoms with van der Waals surface area (Å²) in [6.45, 7) is 9.11. The van der Waals surface area contributed by atoms with Crippen molar-refractivity contribution in [2.75, 3.05) is 0 Å². The summed E-state index contributed by atoms with van der Waals surface area (Å²) in [5.41, 5.74) is 6.08. The van der Waals surface area contributed by atoms with Gasteiger partial charge in [-0.2, -0.15) is 0 Å². The van der Waals surface area contributed by atoms with Gasteiger partial charge in [-0.1, -0.05) is 69.4 Å². The molecule has 0 heteroatoms. The van der Waals surface area contributed by atoms with Gasteiger partial charge >= 0.3 is 0 Å². The Hall–Kier alpha value is -1.04. The molecule has 0 saturated heterocycles. The molecule has 0 N–H and O–H groups in total. The summed E-state index contributed by atoms with van der Waals surface area (Å²) >= 11 is 0. The largest absolute Gasteiger partial charge is 0.0741 e. The summed E-state index contributed by atoms with van der Waals surface area (Å²) in [7, 11) is 0. The minimum atomic E-state index is 0.662. The average molecular weight is 270 g/mol. The first-order chi connectivity index (χ1) is 9.65. The topological polar surface area (TPSA) is 0 Å². The van der Waals surface area contributed by atoms with Gasteiger partial charge in [0.2, 0.25) is 0 Å². The van der Waals surface area contributed by atoms with Crippen LogP contribution in [0.1, 0.15) is 66.2 Å². The molecule has 0 heterocycles. The van der Waals surface area contributed by atoms with Gasteiger partial charge in [0.05, 0.1) is 0 Å². The number of hydrogen-bond acceptors (Lipinski definition) is 0. The highest BCUT2D eigenvalue weighted by atomic mass is 14.3. The molecule has 0 amide bonds. The van der Waals surface area contributed by atoms with Crippen LogP contribution in [0.5, 0.6) is 0 Å². The van der Waals surface area contributed by atoms with Crippen molar-refractivity contribution >= 4 is 0 Å². The first-order valence-electron chi connectivity index (χ1n) is 8.46. The first kappa shape index (κ1) is 15.4. The Morgan fingerprint density at radius 1 is 0.900 bits per heavy atom. The van der Waals surface area contributed by atoms with Crippen LogP contribution < -0.4 is 0 Å². The van der Waals surface area contributed by atoms with E-state index in [1.165, 1.54) is 49.7 Å². The van der Waals surface area contributed by atoms with Gasteiger partial charge in [0.1, 0.15) is 0 Å². The summed E-state index contributed by atoms with van der Waals surface area (Å²) in [5.74, 6) is 1.34. The number of rotatable bonds is 7. The zero-order valence-electron chi connectivity index (χ0n) is 13.7. The third-order valence-electron chi connectivity index (χ3n) is 4.59. The second-order valence-corrected chi connectivity index (χ2v) is 6.50. The molecule has 0 saturated carbocycles. The fourth-order valence-corrected chi connectivity index (χ4v) is 3.48. The third-order valence-corrected chi connectivity index (χ3v) is 4.59. The maximum absolute atomic E-state index is 2.53. The van der Waals surface area contributed by atoms with Crippen molar-refractivity contribution in [3.63, 3.8) is 0 Å². The Balaban J connectivity index is 2.10. The van der Waals surface area contributed by atoms with Gasteiger partial charge in [-0.25, -0.2) is 0 Å². The van der Waals surface area contributed by atoms with Gasteiger partial charge < -0.3 is 0 Å². The second-order valence-electron chi connectivity index (χ2n) is 6.50. The van der Waals surface area contributed by atoms with Crippen LogP contribution in [0.4, 0.5) is 0 Å². The van der Waals surface area contributed by atoms with E-state index in [-0.39, 0.29) is 0 Å². The lowest BCUT2D eigenvalue weighted by molar-refractivity contribution is 0.626. The number of allylic oxidation sites excluding steroid dienone is 8. The molecule has 0 aromatic carbocycles. The molecule has 0 aromatic heterocycles. The van der Waals surface area contributed by atoms with Crippen LogP contribution >= 0.6 is 0 Å². The molecule has 0 fully saturated rings. The van der Waals surface area contributed by atoms with Crippen molar-refractivity contribution in [1.29, 1.82) is 0 Å². The number of hydrogen-bond donors (Lipinski definition) is 0. The van der Waals surface area contributed by atoms with E-state index in [2.05, 4.69) is 52.0 Å². The monoisotopic (exact) mass is 270 g/mol. The zero-order chi connectivity index (χ0) is 14.5. The predicted octanol–water partition coefficient (Wildman–Crippen LogP) is 6.37. The summed E-state index contributed by atoms with van der Waals surface area (Å²) < 4.78 is 0. The van der Waals surface area contributed by atoms with Gasteiger partial charge in [0, 0.05) is 5.92 Å². The normalized spacial score (nSPS) is 25.4. The van der Waals surface area contributed by atoms with E-state index in [1.54, 1.807) is 11.1 Å². The van der Waals surface area contributed by atoms with E-state index >= 15 is 0 Å². The van der Waals surface area contributed by atoms with Crippen molar-refractivity contribution in [3.8, 4) is 0 Å². The van der Waals surface area contributed by atoms with E-state index in [9.17, 15) is 0 Å². The lowest BCUT2D eigenvalue weighted by atomic mass is 9.89. The quantitative estimate of drug-likeness (QED) is 0.504. The van der Waals surface area contributed by atoms with Crippen LogP contribution in [0.15, 0.2) is 46.6 Å². The van der Waals surface area contributed by atoms with Gasteiger partial charge in [0.25, 0.3) is 0 Å². The molecule has 110 valence electrons. The van der Waals surface area contributed by atoms with E-state index in [4.69, 9.17) is 0 Å². The Morgan fingerprint density at radius 2 is 1.60 bits per heavy atom. The SMILES string of the molecule is CCCCC1C=C(C)C(C2=CC(C)=CC2CCCC)=C1. The molecular formula is C20H30. The molecule has 2 unspecified atom stereocenters. The van der Waals surface area contributed by atoms with Gasteiger partial charge in [-0.05, 0) is 49.3 Å². The lowest BCUT2D eigenvalue weighted by Crippen LogP contribution is -2.01. The van der Waals surface area contributed by atoms with Crippen LogP contribution in [-0.2, 0) is 0 Å². The minimum Gasteiger partial charge on any atom is -0.0741 e. The summed E-state index contributed by atoms with van der Waals surface area (Å²) in [6.07, 6.45) is 17.8. The van der Waals surface area contributed by atoms with Gasteiger partial charge in [0.15, 0.2) is 0 Å². The highest BCUT2D eigenvalue weighted by Gasteiger charge is 2.24. The molecular weight excluding hydrogens is 240 g/mol. The van der Waals surface area contributed by atoms with Gasteiger partial charge in [-0.3, -0.25) is 0 Å². The summed E-state index contributed by atoms with van der Waals surface area (Å²) in [6, 6.07) is 0. The van der Waals surface area contributed by atoms with Crippen molar-refractivity contribution in [2.45, 2.75) is 66.2 Å².